The fraction of sp³-hybridized carbons (Fsp3) is 0.0909. The number of ether oxygens (including phenoxy) is 1. The van der Waals surface area contributed by atoms with Gasteiger partial charge in [0.25, 0.3) is 0 Å². The Hall–Kier alpha value is -2.63. The summed E-state index contributed by atoms with van der Waals surface area (Å²) in [5.74, 6) is 5.60. The summed E-state index contributed by atoms with van der Waals surface area (Å²) in [6, 6.07) is 6.89. The molecule has 0 fully saturated rings. The van der Waals surface area contributed by atoms with E-state index in [2.05, 4.69) is 25.7 Å². The molecule has 9 heteroatoms. The van der Waals surface area contributed by atoms with Gasteiger partial charge >= 0.3 is 6.01 Å². The summed E-state index contributed by atoms with van der Waals surface area (Å²) in [5, 5.41) is 12.0. The lowest BCUT2D eigenvalue weighted by Gasteiger charge is -2.09. The Morgan fingerprint density at radius 2 is 2.05 bits per heavy atom. The fourth-order valence-corrected chi connectivity index (χ4v) is 1.60. The molecule has 0 unspecified atom stereocenters. The molecule has 2 rings (SSSR count). The number of hydrazine groups is 1. The quantitative estimate of drug-likeness (QED) is 0.571. The molecule has 1 aromatic carbocycles. The van der Waals surface area contributed by atoms with Gasteiger partial charge in [-0.05, 0) is 18.2 Å². The van der Waals surface area contributed by atoms with E-state index < -0.39 is 0 Å². The minimum Gasteiger partial charge on any atom is -0.467 e. The van der Waals surface area contributed by atoms with Crippen LogP contribution in [0.2, 0.25) is 5.02 Å². The zero-order valence-electron chi connectivity index (χ0n) is 10.4. The molecule has 102 valence electrons. The summed E-state index contributed by atoms with van der Waals surface area (Å²) in [6.45, 7) is 0. The predicted octanol–water partition coefficient (Wildman–Crippen LogP) is 1.43. The van der Waals surface area contributed by atoms with Gasteiger partial charge in [-0.15, -0.1) is 0 Å². The van der Waals surface area contributed by atoms with Gasteiger partial charge in [0.2, 0.25) is 11.9 Å². The molecule has 4 N–H and O–H groups in total. The molecule has 0 bridgehead atoms. The van der Waals surface area contributed by atoms with Crippen molar-refractivity contribution < 1.29 is 4.74 Å². The van der Waals surface area contributed by atoms with E-state index in [-0.39, 0.29) is 17.9 Å². The first-order chi connectivity index (χ1) is 9.66. The summed E-state index contributed by atoms with van der Waals surface area (Å²) in [7, 11) is 1.42. The average molecular weight is 292 g/mol. The molecule has 0 saturated heterocycles. The number of benzene rings is 1. The zero-order valence-corrected chi connectivity index (χ0v) is 11.1. The minimum absolute atomic E-state index is 0.0974. The van der Waals surface area contributed by atoms with Gasteiger partial charge in [-0.3, -0.25) is 5.43 Å². The molecule has 0 spiro atoms. The first kappa shape index (κ1) is 13.8. The lowest BCUT2D eigenvalue weighted by atomic mass is 10.2. The van der Waals surface area contributed by atoms with Crippen molar-refractivity contribution in [1.29, 1.82) is 5.26 Å². The highest BCUT2D eigenvalue weighted by Crippen LogP contribution is 2.25. The Bertz CT molecular complexity index is 648. The molecule has 0 amide bonds. The Morgan fingerprint density at radius 3 is 2.65 bits per heavy atom. The van der Waals surface area contributed by atoms with E-state index in [1.54, 1.807) is 12.1 Å². The van der Waals surface area contributed by atoms with Gasteiger partial charge in [0.1, 0.15) is 0 Å². The van der Waals surface area contributed by atoms with Crippen LogP contribution >= 0.6 is 11.6 Å². The number of nitrogen functional groups attached to an aromatic ring is 1. The lowest BCUT2D eigenvalue weighted by molar-refractivity contribution is 0.379. The van der Waals surface area contributed by atoms with Gasteiger partial charge in [-0.1, -0.05) is 11.6 Å². The highest BCUT2D eigenvalue weighted by Gasteiger charge is 2.08. The second-order valence-corrected chi connectivity index (χ2v) is 3.95. The van der Waals surface area contributed by atoms with E-state index in [1.807, 2.05) is 6.07 Å². The van der Waals surface area contributed by atoms with E-state index in [0.717, 1.165) is 0 Å². The van der Waals surface area contributed by atoms with Crippen molar-refractivity contribution >= 4 is 29.2 Å². The first-order valence-corrected chi connectivity index (χ1v) is 5.77. The SMILES string of the molecule is COc1nc(NN)nc(Nc2ccc(C#N)cc2Cl)n1. The summed E-state index contributed by atoms with van der Waals surface area (Å²) >= 11 is 6.05. The van der Waals surface area contributed by atoms with Gasteiger partial charge < -0.3 is 10.1 Å². The van der Waals surface area contributed by atoms with Crippen molar-refractivity contribution in [2.24, 2.45) is 5.84 Å². The molecule has 1 heterocycles. The molecular weight excluding hydrogens is 282 g/mol. The standard InChI is InChI=1S/C11H10ClN7O/c1-20-11-17-9(16-10(18-11)19-14)15-8-3-2-6(5-13)4-7(8)12/h2-4H,14H2,1H3,(H2,15,16,17,18,19). The van der Waals surface area contributed by atoms with Crippen LogP contribution in [0.1, 0.15) is 5.56 Å². The number of anilines is 3. The molecular formula is C11H10ClN7O. The molecule has 0 aliphatic rings. The van der Waals surface area contributed by atoms with Gasteiger partial charge in [-0.25, -0.2) is 5.84 Å². The summed E-state index contributed by atoms with van der Waals surface area (Å²) in [4.78, 5) is 11.9. The minimum atomic E-state index is 0.0974. The van der Waals surface area contributed by atoms with Crippen LogP contribution in [-0.4, -0.2) is 22.1 Å². The number of rotatable bonds is 4. The zero-order chi connectivity index (χ0) is 14.5. The summed E-state index contributed by atoms with van der Waals surface area (Å²) in [5.41, 5.74) is 3.30. The van der Waals surface area contributed by atoms with Crippen LogP contribution in [0.3, 0.4) is 0 Å². The molecule has 8 nitrogen and oxygen atoms in total. The fourth-order valence-electron chi connectivity index (χ4n) is 1.37. The maximum Gasteiger partial charge on any atom is 0.322 e. The first-order valence-electron chi connectivity index (χ1n) is 5.39. The van der Waals surface area contributed by atoms with E-state index >= 15 is 0 Å². The number of nitriles is 1. The molecule has 0 saturated carbocycles. The van der Waals surface area contributed by atoms with Crippen molar-refractivity contribution in [3.8, 4) is 12.1 Å². The second-order valence-electron chi connectivity index (χ2n) is 3.55. The second kappa shape index (κ2) is 6.01. The Kier molecular flexibility index (Phi) is 4.14. The number of nitrogens with one attached hydrogen (secondary N) is 2. The van der Waals surface area contributed by atoms with Crippen molar-refractivity contribution in [3.05, 3.63) is 28.8 Å². The van der Waals surface area contributed by atoms with Gasteiger partial charge in [0.15, 0.2) is 0 Å². The van der Waals surface area contributed by atoms with Gasteiger partial charge in [0.05, 0.1) is 29.5 Å². The Balaban J connectivity index is 2.32. The number of methoxy groups -OCH3 is 1. The van der Waals surface area contributed by atoms with Crippen molar-refractivity contribution in [3.63, 3.8) is 0 Å². The lowest BCUT2D eigenvalue weighted by Crippen LogP contribution is -2.13. The third kappa shape index (κ3) is 3.03. The highest BCUT2D eigenvalue weighted by molar-refractivity contribution is 6.33. The number of hydrogen-bond acceptors (Lipinski definition) is 8. The number of aromatic nitrogens is 3. The predicted molar refractivity (Wildman–Crippen MR) is 73.6 cm³/mol. The van der Waals surface area contributed by atoms with Gasteiger partial charge in [0, 0.05) is 0 Å². The van der Waals surface area contributed by atoms with E-state index in [9.17, 15) is 0 Å². The average Bonchev–Trinajstić information content (AvgIpc) is 2.48. The van der Waals surface area contributed by atoms with Crippen LogP contribution in [0.15, 0.2) is 18.2 Å². The third-order valence-corrected chi connectivity index (χ3v) is 2.58. The van der Waals surface area contributed by atoms with Crippen molar-refractivity contribution in [2.45, 2.75) is 0 Å². The number of hydrogen-bond donors (Lipinski definition) is 3. The van der Waals surface area contributed by atoms with Gasteiger partial charge in [-0.2, -0.15) is 20.2 Å². The van der Waals surface area contributed by atoms with Crippen molar-refractivity contribution in [1.82, 2.24) is 15.0 Å². The Morgan fingerprint density at radius 1 is 1.30 bits per heavy atom. The monoisotopic (exact) mass is 291 g/mol. The number of nitrogens with zero attached hydrogens (tertiary/aromatic N) is 4. The van der Waals surface area contributed by atoms with Crippen LogP contribution in [0, 0.1) is 11.3 Å². The maximum absolute atomic E-state index is 8.78. The molecule has 20 heavy (non-hydrogen) atoms. The largest absolute Gasteiger partial charge is 0.467 e. The van der Waals surface area contributed by atoms with Crippen LogP contribution < -0.4 is 21.3 Å². The van der Waals surface area contributed by atoms with E-state index in [1.165, 1.54) is 13.2 Å². The molecule has 0 radical (unpaired) electrons. The molecule has 0 aliphatic heterocycles. The molecule has 1 aromatic heterocycles. The van der Waals surface area contributed by atoms with Crippen LogP contribution in [-0.2, 0) is 0 Å². The van der Waals surface area contributed by atoms with Crippen molar-refractivity contribution in [2.75, 3.05) is 17.9 Å². The van der Waals surface area contributed by atoms with Crippen LogP contribution in [0.25, 0.3) is 0 Å². The smallest absolute Gasteiger partial charge is 0.322 e. The summed E-state index contributed by atoms with van der Waals surface area (Å²) in [6.07, 6.45) is 0. The molecule has 0 atom stereocenters. The maximum atomic E-state index is 8.78. The Labute approximate surface area is 119 Å². The highest BCUT2D eigenvalue weighted by atomic mass is 35.5. The van der Waals surface area contributed by atoms with E-state index in [0.29, 0.717) is 16.3 Å². The summed E-state index contributed by atoms with van der Waals surface area (Å²) < 4.78 is 4.93. The number of nitrogens with two attached hydrogens (primary N) is 1. The third-order valence-electron chi connectivity index (χ3n) is 2.27. The normalized spacial score (nSPS) is 9.70. The van der Waals surface area contributed by atoms with Crippen LogP contribution in [0.5, 0.6) is 6.01 Å². The number of halogens is 1. The molecule has 2 aromatic rings. The van der Waals surface area contributed by atoms with E-state index in [4.69, 9.17) is 27.4 Å². The van der Waals surface area contributed by atoms with Crippen LogP contribution in [0.4, 0.5) is 17.6 Å². The topological polar surface area (TPSA) is 122 Å². The molecule has 0 aliphatic carbocycles.